The number of H-pyrrole nitrogens is 1. The molecular weight excluding hydrogens is 158 g/mol. The first-order chi connectivity index (χ1) is 5.25. The number of hydrogen-bond donors (Lipinski definition) is 1. The van der Waals surface area contributed by atoms with Crippen molar-refractivity contribution >= 4 is 22.5 Å². The molecule has 0 aliphatic heterocycles. The Morgan fingerprint density at radius 3 is 3.09 bits per heavy atom. The maximum Gasteiger partial charge on any atom is 0.0477 e. The predicted molar refractivity (Wildman–Crippen MR) is 46.9 cm³/mol. The summed E-state index contributed by atoms with van der Waals surface area (Å²) in [6, 6.07) is 8.90. The van der Waals surface area contributed by atoms with Gasteiger partial charge in [0.05, 0.1) is 0 Å². The Morgan fingerprint density at radius 2 is 2.27 bits per heavy atom. The lowest BCUT2D eigenvalue weighted by atomic mass is 10.2. The minimum atomic E-state index is 0.757. The molecule has 2 rings (SSSR count). The van der Waals surface area contributed by atoms with E-state index < -0.39 is 0 Å². The highest BCUT2D eigenvalue weighted by molar-refractivity contribution is 6.31. The molecule has 1 N–H and O–H groups in total. The van der Waals surface area contributed by atoms with Crippen LogP contribution in [0.25, 0.3) is 10.9 Å². The third-order valence-corrected chi connectivity index (χ3v) is 1.86. The highest BCUT2D eigenvalue weighted by Crippen LogP contribution is 2.18. The lowest BCUT2D eigenvalue weighted by Gasteiger charge is -1.88. The zero-order valence-electron chi connectivity index (χ0n) is 6.11. The number of fused-ring (bicyclic) bond motifs is 1. The largest absolute Gasteiger partial charge is 0.358 e. The van der Waals surface area contributed by atoms with Crippen LogP contribution in [0.15, 0.2) is 18.2 Å². The molecule has 2 aromatic rings. The molecular formula is C9H7ClN. The predicted octanol–water partition coefficient (Wildman–Crippen LogP) is 2.93. The minimum Gasteiger partial charge on any atom is -0.358 e. The van der Waals surface area contributed by atoms with Crippen LogP contribution in [-0.2, 0) is 0 Å². The summed E-state index contributed by atoms with van der Waals surface area (Å²) in [5.74, 6) is 0. The Hall–Kier alpha value is -0.950. The number of rotatable bonds is 0. The summed E-state index contributed by atoms with van der Waals surface area (Å²) in [7, 11) is 0. The van der Waals surface area contributed by atoms with E-state index in [1.165, 1.54) is 0 Å². The van der Waals surface area contributed by atoms with Gasteiger partial charge < -0.3 is 4.98 Å². The number of benzene rings is 1. The van der Waals surface area contributed by atoms with Crippen LogP contribution in [0.2, 0.25) is 5.02 Å². The molecule has 0 saturated heterocycles. The fourth-order valence-corrected chi connectivity index (χ4v) is 1.34. The first-order valence-corrected chi connectivity index (χ1v) is 3.80. The van der Waals surface area contributed by atoms with Crippen molar-refractivity contribution < 1.29 is 0 Å². The summed E-state index contributed by atoms with van der Waals surface area (Å²) in [6.45, 7) is 1.98. The van der Waals surface area contributed by atoms with Crippen molar-refractivity contribution in [3.63, 3.8) is 0 Å². The average molecular weight is 165 g/mol. The number of aryl methyl sites for hydroxylation is 1. The van der Waals surface area contributed by atoms with E-state index in [2.05, 4.69) is 11.1 Å². The normalized spacial score (nSPS) is 10.7. The van der Waals surface area contributed by atoms with Crippen molar-refractivity contribution in [2.75, 3.05) is 0 Å². The van der Waals surface area contributed by atoms with Crippen molar-refractivity contribution in [3.8, 4) is 0 Å². The Balaban J connectivity index is 2.82. The van der Waals surface area contributed by atoms with E-state index in [4.69, 9.17) is 11.6 Å². The van der Waals surface area contributed by atoms with Gasteiger partial charge in [0.25, 0.3) is 0 Å². The van der Waals surface area contributed by atoms with Gasteiger partial charge in [0, 0.05) is 27.7 Å². The molecule has 0 bridgehead atoms. The molecule has 0 fully saturated rings. The maximum atomic E-state index is 5.79. The Kier molecular flexibility index (Phi) is 1.40. The molecule has 1 aromatic heterocycles. The molecule has 0 amide bonds. The minimum absolute atomic E-state index is 0.757. The molecule has 1 nitrogen and oxygen atoms in total. The fraction of sp³-hybridized carbons (Fsp3) is 0.111. The van der Waals surface area contributed by atoms with Gasteiger partial charge in [-0.1, -0.05) is 17.7 Å². The van der Waals surface area contributed by atoms with Crippen molar-refractivity contribution in [3.05, 3.63) is 35.0 Å². The summed E-state index contributed by atoms with van der Waals surface area (Å²) in [4.78, 5) is 3.16. The van der Waals surface area contributed by atoms with Crippen molar-refractivity contribution in [2.24, 2.45) is 0 Å². The van der Waals surface area contributed by atoms with E-state index in [9.17, 15) is 0 Å². The number of hydrogen-bond acceptors (Lipinski definition) is 0. The summed E-state index contributed by atoms with van der Waals surface area (Å²) < 4.78 is 0. The second-order valence-corrected chi connectivity index (χ2v) is 3.00. The van der Waals surface area contributed by atoms with Crippen LogP contribution in [0, 0.1) is 13.0 Å². The van der Waals surface area contributed by atoms with Crippen molar-refractivity contribution in [2.45, 2.75) is 6.92 Å². The van der Waals surface area contributed by atoms with Crippen LogP contribution in [0.3, 0.4) is 0 Å². The number of aromatic nitrogens is 1. The molecule has 1 radical (unpaired) electrons. The summed E-state index contributed by atoms with van der Waals surface area (Å²) >= 11 is 5.79. The topological polar surface area (TPSA) is 15.8 Å². The van der Waals surface area contributed by atoms with Crippen molar-refractivity contribution in [1.29, 1.82) is 0 Å². The van der Waals surface area contributed by atoms with Gasteiger partial charge in [-0.25, -0.2) is 0 Å². The van der Waals surface area contributed by atoms with Gasteiger partial charge in [0.2, 0.25) is 0 Å². The maximum absolute atomic E-state index is 5.79. The molecule has 0 aliphatic carbocycles. The highest BCUT2D eigenvalue weighted by Gasteiger charge is 1.96. The summed E-state index contributed by atoms with van der Waals surface area (Å²) in [5.41, 5.74) is 2.09. The Bertz CT molecular complexity index is 389. The smallest absolute Gasteiger partial charge is 0.0477 e. The van der Waals surface area contributed by atoms with Crippen LogP contribution in [0.1, 0.15) is 5.69 Å². The zero-order valence-corrected chi connectivity index (χ0v) is 6.87. The molecule has 0 atom stereocenters. The first-order valence-electron chi connectivity index (χ1n) is 3.43. The molecule has 0 spiro atoms. The Morgan fingerprint density at radius 1 is 1.45 bits per heavy atom. The van der Waals surface area contributed by atoms with Gasteiger partial charge >= 0.3 is 0 Å². The number of aromatic amines is 1. The number of nitrogens with one attached hydrogen (secondary N) is 1. The molecule has 0 unspecified atom stereocenters. The zero-order chi connectivity index (χ0) is 7.84. The lowest BCUT2D eigenvalue weighted by molar-refractivity contribution is 1.30. The van der Waals surface area contributed by atoms with E-state index in [-0.39, 0.29) is 0 Å². The third-order valence-electron chi connectivity index (χ3n) is 1.63. The highest BCUT2D eigenvalue weighted by atomic mass is 35.5. The monoisotopic (exact) mass is 164 g/mol. The van der Waals surface area contributed by atoms with Gasteiger partial charge in [-0.2, -0.15) is 0 Å². The van der Waals surface area contributed by atoms with Crippen LogP contribution < -0.4 is 0 Å². The van der Waals surface area contributed by atoms with Crippen LogP contribution >= 0.6 is 11.6 Å². The molecule has 2 heteroatoms. The van der Waals surface area contributed by atoms with E-state index in [0.29, 0.717) is 0 Å². The third kappa shape index (κ3) is 1.12. The van der Waals surface area contributed by atoms with E-state index in [1.54, 1.807) is 0 Å². The second-order valence-electron chi connectivity index (χ2n) is 2.56. The SMILES string of the molecule is Cc1[c]c2ccc(Cl)cc2[nH]1. The summed E-state index contributed by atoms with van der Waals surface area (Å²) in [6.07, 6.45) is 0. The second kappa shape index (κ2) is 2.28. The molecule has 1 aromatic carbocycles. The molecule has 0 saturated carbocycles. The fourth-order valence-electron chi connectivity index (χ4n) is 1.16. The lowest BCUT2D eigenvalue weighted by Crippen LogP contribution is -1.67. The van der Waals surface area contributed by atoms with Crippen LogP contribution in [-0.4, -0.2) is 4.98 Å². The molecule has 11 heavy (non-hydrogen) atoms. The van der Waals surface area contributed by atoms with Gasteiger partial charge in [-0.05, 0) is 19.1 Å². The van der Waals surface area contributed by atoms with E-state index in [1.807, 2.05) is 25.1 Å². The van der Waals surface area contributed by atoms with Crippen LogP contribution in [0.5, 0.6) is 0 Å². The van der Waals surface area contributed by atoms with Gasteiger partial charge in [-0.3, -0.25) is 0 Å². The van der Waals surface area contributed by atoms with E-state index >= 15 is 0 Å². The van der Waals surface area contributed by atoms with Gasteiger partial charge in [0.15, 0.2) is 0 Å². The molecule has 55 valence electrons. The quantitative estimate of drug-likeness (QED) is 0.616. The standard InChI is InChI=1S/C9H7ClN/c1-6-4-7-2-3-8(10)5-9(7)11-6/h2-3,5,11H,1H3. The molecule has 1 heterocycles. The van der Waals surface area contributed by atoms with E-state index in [0.717, 1.165) is 21.6 Å². The summed E-state index contributed by atoms with van der Waals surface area (Å²) in [5, 5.41) is 1.85. The van der Waals surface area contributed by atoms with Gasteiger partial charge in [0.1, 0.15) is 0 Å². The number of halogens is 1. The Labute approximate surface area is 70.0 Å². The van der Waals surface area contributed by atoms with Gasteiger partial charge in [-0.15, -0.1) is 0 Å². The van der Waals surface area contributed by atoms with Crippen LogP contribution in [0.4, 0.5) is 0 Å². The average Bonchev–Trinajstić information content (AvgIpc) is 2.27. The molecule has 0 aliphatic rings. The first kappa shape index (κ1) is 6.74. The van der Waals surface area contributed by atoms with Crippen molar-refractivity contribution in [1.82, 2.24) is 4.98 Å².